The summed E-state index contributed by atoms with van der Waals surface area (Å²) in [4.78, 5) is 16.5. The molecular weight excluding hydrogens is 306 g/mol. The Balaban J connectivity index is 0.000000637. The number of rotatable bonds is 0. The van der Waals surface area contributed by atoms with Gasteiger partial charge in [0.2, 0.25) is 5.91 Å². The average molecular weight is 326 g/mol. The number of halogens is 1. The molecule has 1 amide bonds. The molecule has 0 aromatic carbocycles. The highest BCUT2D eigenvalue weighted by Crippen LogP contribution is 2.39. The van der Waals surface area contributed by atoms with Gasteiger partial charge in [-0.15, -0.1) is 0 Å². The highest BCUT2D eigenvalue weighted by atomic mass is 79.9. The Bertz CT molecular complexity index is 470. The quantitative estimate of drug-likeness (QED) is 0.771. The molecule has 2 aliphatic heterocycles. The fourth-order valence-corrected chi connectivity index (χ4v) is 3.10. The van der Waals surface area contributed by atoms with E-state index in [-0.39, 0.29) is 11.3 Å². The maximum absolute atomic E-state index is 12.2. The van der Waals surface area contributed by atoms with Gasteiger partial charge < -0.3 is 10.6 Å². The molecule has 104 valence electrons. The lowest BCUT2D eigenvalue weighted by Crippen LogP contribution is -2.48. The summed E-state index contributed by atoms with van der Waals surface area (Å²) in [5.74, 6) is 0.865. The predicted octanol–water partition coefficient (Wildman–Crippen LogP) is 2.73. The molecular formula is C14H20BrN3O. The van der Waals surface area contributed by atoms with Crippen LogP contribution in [-0.4, -0.2) is 24.0 Å². The van der Waals surface area contributed by atoms with Crippen molar-refractivity contribution in [1.29, 1.82) is 0 Å². The summed E-state index contributed by atoms with van der Waals surface area (Å²) in [5.41, 5.74) is 0.918. The molecule has 0 bridgehead atoms. The molecule has 4 nitrogen and oxygen atoms in total. The van der Waals surface area contributed by atoms with Crippen LogP contribution in [0.2, 0.25) is 0 Å². The zero-order valence-corrected chi connectivity index (χ0v) is 13.0. The standard InChI is InChI=1S/C12H14BrN3O.C2H6/c13-9-5-8-6-12(1-3-14-4-2-12)11(17)16-10(8)15-7-9;1-2/h5,7,14H,1-4,6H2,(H,15,16,17);1-2H3. The van der Waals surface area contributed by atoms with E-state index in [0.717, 1.165) is 48.2 Å². The van der Waals surface area contributed by atoms with Crippen LogP contribution in [-0.2, 0) is 11.2 Å². The van der Waals surface area contributed by atoms with Crippen molar-refractivity contribution in [2.45, 2.75) is 33.1 Å². The van der Waals surface area contributed by atoms with E-state index in [1.807, 2.05) is 13.8 Å². The van der Waals surface area contributed by atoms with Gasteiger partial charge in [0.1, 0.15) is 5.82 Å². The summed E-state index contributed by atoms with van der Waals surface area (Å²) in [6.45, 7) is 5.84. The van der Waals surface area contributed by atoms with Crippen molar-refractivity contribution in [2.24, 2.45) is 5.41 Å². The number of nitrogens with zero attached hydrogens (tertiary/aromatic N) is 1. The van der Waals surface area contributed by atoms with Gasteiger partial charge >= 0.3 is 0 Å². The number of pyridine rings is 1. The number of hydrogen-bond donors (Lipinski definition) is 2. The van der Waals surface area contributed by atoms with Crippen molar-refractivity contribution in [3.05, 3.63) is 22.3 Å². The van der Waals surface area contributed by atoms with Gasteiger partial charge in [0, 0.05) is 10.7 Å². The van der Waals surface area contributed by atoms with Gasteiger partial charge in [-0.05, 0) is 59.9 Å². The summed E-state index contributed by atoms with van der Waals surface area (Å²) in [6.07, 6.45) is 4.34. The molecule has 3 heterocycles. The Morgan fingerprint density at radius 2 is 2.00 bits per heavy atom. The van der Waals surface area contributed by atoms with Crippen molar-refractivity contribution < 1.29 is 4.79 Å². The molecule has 19 heavy (non-hydrogen) atoms. The highest BCUT2D eigenvalue weighted by molar-refractivity contribution is 9.10. The van der Waals surface area contributed by atoms with E-state index < -0.39 is 0 Å². The Kier molecular flexibility index (Phi) is 4.58. The lowest BCUT2D eigenvalue weighted by molar-refractivity contribution is -0.127. The Morgan fingerprint density at radius 1 is 1.32 bits per heavy atom. The van der Waals surface area contributed by atoms with Crippen LogP contribution in [0.25, 0.3) is 0 Å². The third-order valence-electron chi connectivity index (χ3n) is 3.74. The molecule has 0 unspecified atom stereocenters. The first-order valence-electron chi connectivity index (χ1n) is 6.86. The van der Waals surface area contributed by atoms with Crippen LogP contribution in [0, 0.1) is 5.41 Å². The molecule has 5 heteroatoms. The molecule has 2 aliphatic rings. The summed E-state index contributed by atoms with van der Waals surface area (Å²) in [5, 5.41) is 6.26. The largest absolute Gasteiger partial charge is 0.317 e. The minimum atomic E-state index is -0.222. The summed E-state index contributed by atoms with van der Waals surface area (Å²) < 4.78 is 0.969. The number of piperidine rings is 1. The first kappa shape index (κ1) is 14.5. The zero-order valence-electron chi connectivity index (χ0n) is 11.4. The summed E-state index contributed by atoms with van der Waals surface area (Å²) in [7, 11) is 0. The van der Waals surface area contributed by atoms with Gasteiger partial charge in [-0.25, -0.2) is 4.98 Å². The molecule has 0 saturated carbocycles. The van der Waals surface area contributed by atoms with Gasteiger partial charge in [-0.3, -0.25) is 4.79 Å². The monoisotopic (exact) mass is 325 g/mol. The number of carbonyl (C=O) groups is 1. The van der Waals surface area contributed by atoms with Crippen molar-refractivity contribution in [2.75, 3.05) is 18.4 Å². The van der Waals surface area contributed by atoms with Gasteiger partial charge in [-0.1, -0.05) is 13.8 Å². The van der Waals surface area contributed by atoms with Crippen LogP contribution < -0.4 is 10.6 Å². The van der Waals surface area contributed by atoms with Crippen molar-refractivity contribution in [3.63, 3.8) is 0 Å². The van der Waals surface area contributed by atoms with Gasteiger partial charge in [-0.2, -0.15) is 0 Å². The second kappa shape index (κ2) is 6.01. The van der Waals surface area contributed by atoms with Gasteiger partial charge in [0.25, 0.3) is 0 Å². The molecule has 0 aliphatic carbocycles. The lowest BCUT2D eigenvalue weighted by Gasteiger charge is -2.39. The lowest BCUT2D eigenvalue weighted by atomic mass is 9.72. The van der Waals surface area contributed by atoms with Crippen molar-refractivity contribution in [3.8, 4) is 0 Å². The molecule has 1 fully saturated rings. The maximum Gasteiger partial charge on any atom is 0.232 e. The maximum atomic E-state index is 12.2. The van der Waals surface area contributed by atoms with Crippen LogP contribution in [0.1, 0.15) is 32.3 Å². The van der Waals surface area contributed by atoms with E-state index in [4.69, 9.17) is 0 Å². The molecule has 0 radical (unpaired) electrons. The van der Waals surface area contributed by atoms with E-state index in [9.17, 15) is 4.79 Å². The minimum Gasteiger partial charge on any atom is -0.317 e. The average Bonchev–Trinajstić information content (AvgIpc) is 2.44. The number of aromatic nitrogens is 1. The summed E-state index contributed by atoms with van der Waals surface area (Å²) >= 11 is 3.43. The van der Waals surface area contributed by atoms with Gasteiger partial charge in [0.15, 0.2) is 0 Å². The molecule has 3 rings (SSSR count). The normalized spacial score (nSPS) is 20.1. The molecule has 1 aromatic rings. The Hall–Kier alpha value is -0.940. The number of carbonyl (C=O) groups excluding carboxylic acids is 1. The van der Waals surface area contributed by atoms with Crippen LogP contribution in [0.15, 0.2) is 16.7 Å². The fourth-order valence-electron chi connectivity index (χ4n) is 2.72. The third-order valence-corrected chi connectivity index (χ3v) is 4.17. The highest BCUT2D eigenvalue weighted by Gasteiger charge is 2.43. The van der Waals surface area contributed by atoms with Crippen LogP contribution in [0.4, 0.5) is 5.82 Å². The molecule has 1 spiro atoms. The zero-order chi connectivity index (χ0) is 13.9. The van der Waals surface area contributed by atoms with E-state index in [2.05, 4.69) is 37.6 Å². The number of fused-ring (bicyclic) bond motifs is 1. The number of anilines is 1. The smallest absolute Gasteiger partial charge is 0.232 e. The van der Waals surface area contributed by atoms with E-state index >= 15 is 0 Å². The van der Waals surface area contributed by atoms with Crippen LogP contribution >= 0.6 is 15.9 Å². The van der Waals surface area contributed by atoms with Crippen molar-refractivity contribution in [1.82, 2.24) is 10.3 Å². The Morgan fingerprint density at radius 3 is 2.68 bits per heavy atom. The first-order chi connectivity index (χ1) is 9.20. The second-order valence-corrected chi connectivity index (χ2v) is 5.74. The SMILES string of the molecule is CC.O=C1Nc2ncc(Br)cc2CC12CCNCC2. The van der Waals surface area contributed by atoms with Crippen LogP contribution in [0.3, 0.4) is 0 Å². The minimum absolute atomic E-state index is 0.140. The molecule has 1 aromatic heterocycles. The Labute approximate surface area is 122 Å². The molecule has 1 saturated heterocycles. The molecule has 0 atom stereocenters. The van der Waals surface area contributed by atoms with E-state index in [1.165, 1.54) is 0 Å². The van der Waals surface area contributed by atoms with Crippen LogP contribution in [0.5, 0.6) is 0 Å². The van der Waals surface area contributed by atoms with E-state index in [0.29, 0.717) is 0 Å². The predicted molar refractivity (Wildman–Crippen MR) is 80.2 cm³/mol. The van der Waals surface area contributed by atoms with Gasteiger partial charge in [0.05, 0.1) is 5.41 Å². The van der Waals surface area contributed by atoms with Crippen molar-refractivity contribution >= 4 is 27.7 Å². The first-order valence-corrected chi connectivity index (χ1v) is 7.66. The number of nitrogens with one attached hydrogen (secondary N) is 2. The topological polar surface area (TPSA) is 54.0 Å². The van der Waals surface area contributed by atoms with E-state index in [1.54, 1.807) is 6.20 Å². The number of amides is 1. The fraction of sp³-hybridized carbons (Fsp3) is 0.571. The third kappa shape index (κ3) is 2.82. The summed E-state index contributed by atoms with van der Waals surface area (Å²) in [6, 6.07) is 2.06. The second-order valence-electron chi connectivity index (χ2n) is 4.82. The molecule has 2 N–H and O–H groups in total. The number of hydrogen-bond acceptors (Lipinski definition) is 3.